The molecule has 0 amide bonds. The maximum Gasteiger partial charge on any atom is 0.155 e. The number of fused-ring (bicyclic) bond motifs is 3. The van der Waals surface area contributed by atoms with Gasteiger partial charge in [-0.15, -0.1) is 0 Å². The number of rotatable bonds is 0. The predicted molar refractivity (Wildman–Crippen MR) is 100 cm³/mol. The normalized spacial score (nSPS) is 31.6. The van der Waals surface area contributed by atoms with Gasteiger partial charge in [-0.1, -0.05) is 17.6 Å². The van der Waals surface area contributed by atoms with E-state index in [4.69, 9.17) is 9.39 Å². The zero-order valence-electron chi connectivity index (χ0n) is 14.3. The van der Waals surface area contributed by atoms with Gasteiger partial charge < -0.3 is 4.90 Å². The van der Waals surface area contributed by atoms with Crippen LogP contribution in [0.1, 0.15) is 58.8 Å². The number of amidine groups is 1. The molecule has 2 fully saturated rings. The Labute approximate surface area is 144 Å². The first-order chi connectivity index (χ1) is 11.2. The molecule has 0 N–H and O–H groups in total. The van der Waals surface area contributed by atoms with Crippen LogP contribution in [0.4, 0.5) is 0 Å². The second-order valence-corrected chi connectivity index (χ2v) is 8.40. The average molecular weight is 330 g/mol. The fourth-order valence-corrected chi connectivity index (χ4v) is 5.26. The third kappa shape index (κ3) is 3.02. The number of hydrogen-bond acceptors (Lipinski definition) is 4. The van der Waals surface area contributed by atoms with Crippen LogP contribution in [0.2, 0.25) is 0 Å². The molecule has 4 heteroatoms. The quantitative estimate of drug-likeness (QED) is 0.599. The number of aliphatic imine (C=N–C) groups is 1. The zero-order chi connectivity index (χ0) is 15.8. The van der Waals surface area contributed by atoms with E-state index in [0.717, 1.165) is 30.9 Å². The summed E-state index contributed by atoms with van der Waals surface area (Å²) >= 11 is 1.73. The zero-order valence-corrected chi connectivity index (χ0v) is 15.2. The fraction of sp³-hybridized carbons (Fsp3) is 0.684. The van der Waals surface area contributed by atoms with E-state index in [2.05, 4.69) is 24.9 Å². The Kier molecular flexibility index (Phi) is 4.35. The molecule has 3 nitrogen and oxygen atoms in total. The Morgan fingerprint density at radius 2 is 2.09 bits per heavy atom. The molecule has 0 aromatic rings. The summed E-state index contributed by atoms with van der Waals surface area (Å²) in [5, 5.41) is 0. The van der Waals surface area contributed by atoms with Crippen LogP contribution >= 0.6 is 11.9 Å². The topological polar surface area (TPSA) is 28.0 Å². The smallest absolute Gasteiger partial charge is 0.155 e. The monoisotopic (exact) mass is 329 g/mol. The largest absolute Gasteiger partial charge is 0.352 e. The SMILES string of the molecule is CC1=CN=C(N2CC3CCCC2C3)C2=NSCCC(C)=C2CC1. The van der Waals surface area contributed by atoms with Gasteiger partial charge in [-0.2, -0.15) is 0 Å². The van der Waals surface area contributed by atoms with Gasteiger partial charge >= 0.3 is 0 Å². The molecule has 124 valence electrons. The van der Waals surface area contributed by atoms with Crippen molar-refractivity contribution in [1.29, 1.82) is 0 Å². The molecular weight excluding hydrogens is 302 g/mol. The van der Waals surface area contributed by atoms with Crippen molar-refractivity contribution < 1.29 is 0 Å². The molecule has 0 aromatic carbocycles. The van der Waals surface area contributed by atoms with Crippen LogP contribution in [0.5, 0.6) is 0 Å². The van der Waals surface area contributed by atoms with E-state index in [1.807, 2.05) is 0 Å². The maximum atomic E-state index is 4.97. The molecule has 0 spiro atoms. The molecule has 1 saturated heterocycles. The van der Waals surface area contributed by atoms with Gasteiger partial charge in [0.05, 0.1) is 0 Å². The summed E-state index contributed by atoms with van der Waals surface area (Å²) in [7, 11) is 0. The number of likely N-dealkylation sites (tertiary alicyclic amines) is 1. The highest BCUT2D eigenvalue weighted by Gasteiger charge is 2.39. The Hall–Kier alpha value is -1.03. The van der Waals surface area contributed by atoms with E-state index in [0.29, 0.717) is 6.04 Å². The first-order valence-electron chi connectivity index (χ1n) is 9.12. The third-order valence-electron chi connectivity index (χ3n) is 5.84. The van der Waals surface area contributed by atoms with E-state index >= 15 is 0 Å². The lowest BCUT2D eigenvalue weighted by Crippen LogP contribution is -2.41. The molecule has 0 radical (unpaired) electrons. The van der Waals surface area contributed by atoms with Crippen molar-refractivity contribution in [2.75, 3.05) is 12.3 Å². The van der Waals surface area contributed by atoms with Crippen molar-refractivity contribution >= 4 is 23.5 Å². The minimum atomic E-state index is 0.693. The maximum absolute atomic E-state index is 4.97. The van der Waals surface area contributed by atoms with Gasteiger partial charge in [0.2, 0.25) is 0 Å². The standard InChI is InChI=1S/C19H27N3S/c1-13-6-7-17-14(2)8-9-23-21-18(17)19(20-11-13)22-12-15-4-3-5-16(22)10-15/h11,15-16H,3-10,12H2,1-2H3. The van der Waals surface area contributed by atoms with E-state index < -0.39 is 0 Å². The lowest BCUT2D eigenvalue weighted by atomic mass is 9.90. The average Bonchev–Trinajstić information content (AvgIpc) is 2.70. The first-order valence-corrected chi connectivity index (χ1v) is 10.1. The van der Waals surface area contributed by atoms with Crippen LogP contribution < -0.4 is 0 Å². The first kappa shape index (κ1) is 15.5. The van der Waals surface area contributed by atoms with Crippen LogP contribution in [0.3, 0.4) is 0 Å². The second kappa shape index (κ2) is 6.46. The fourth-order valence-electron chi connectivity index (χ4n) is 4.45. The van der Waals surface area contributed by atoms with Crippen LogP contribution in [-0.2, 0) is 0 Å². The minimum absolute atomic E-state index is 0.693. The summed E-state index contributed by atoms with van der Waals surface area (Å²) < 4.78 is 4.94. The Morgan fingerprint density at radius 1 is 1.17 bits per heavy atom. The van der Waals surface area contributed by atoms with Crippen molar-refractivity contribution in [3.63, 3.8) is 0 Å². The number of nitrogens with zero attached hydrogens (tertiary/aromatic N) is 3. The Morgan fingerprint density at radius 3 is 2.96 bits per heavy atom. The van der Waals surface area contributed by atoms with E-state index in [9.17, 15) is 0 Å². The second-order valence-electron chi connectivity index (χ2n) is 7.55. The molecular formula is C19H27N3S. The third-order valence-corrected chi connectivity index (χ3v) is 6.53. The lowest BCUT2D eigenvalue weighted by Gasteiger charge is -2.30. The molecule has 2 bridgehead atoms. The molecule has 4 rings (SSSR count). The van der Waals surface area contributed by atoms with Gasteiger partial charge in [0.1, 0.15) is 5.71 Å². The van der Waals surface area contributed by atoms with Crippen molar-refractivity contribution in [1.82, 2.24) is 4.90 Å². The van der Waals surface area contributed by atoms with Crippen molar-refractivity contribution in [3.05, 3.63) is 22.9 Å². The molecule has 1 saturated carbocycles. The molecule has 2 unspecified atom stereocenters. The molecule has 2 atom stereocenters. The van der Waals surface area contributed by atoms with Gasteiger partial charge in [0, 0.05) is 24.5 Å². The number of hydrogen-bond donors (Lipinski definition) is 0. The lowest BCUT2D eigenvalue weighted by molar-refractivity contribution is 0.355. The van der Waals surface area contributed by atoms with Crippen LogP contribution in [-0.4, -0.2) is 34.8 Å². The Balaban J connectivity index is 1.77. The van der Waals surface area contributed by atoms with Crippen molar-refractivity contribution in [3.8, 4) is 0 Å². The molecule has 0 aromatic heterocycles. The summed E-state index contributed by atoms with van der Waals surface area (Å²) in [6, 6.07) is 0.693. The van der Waals surface area contributed by atoms with Gasteiger partial charge in [0.15, 0.2) is 5.84 Å². The summed E-state index contributed by atoms with van der Waals surface area (Å²) in [6.45, 7) is 5.71. The van der Waals surface area contributed by atoms with Gasteiger partial charge in [-0.3, -0.25) is 0 Å². The van der Waals surface area contributed by atoms with Gasteiger partial charge in [-0.25, -0.2) is 9.39 Å². The molecule has 4 aliphatic rings. The highest BCUT2D eigenvalue weighted by atomic mass is 32.2. The highest BCUT2D eigenvalue weighted by molar-refractivity contribution is 7.98. The summed E-state index contributed by atoms with van der Waals surface area (Å²) in [5.41, 5.74) is 5.59. The summed E-state index contributed by atoms with van der Waals surface area (Å²) in [6.07, 6.45) is 11.0. The van der Waals surface area contributed by atoms with Crippen molar-refractivity contribution in [2.24, 2.45) is 15.3 Å². The van der Waals surface area contributed by atoms with Crippen LogP contribution in [0.25, 0.3) is 0 Å². The molecule has 3 aliphatic heterocycles. The van der Waals surface area contributed by atoms with Crippen molar-refractivity contribution in [2.45, 2.75) is 64.8 Å². The predicted octanol–water partition coefficient (Wildman–Crippen LogP) is 4.77. The molecule has 3 heterocycles. The van der Waals surface area contributed by atoms with Gasteiger partial charge in [0.25, 0.3) is 0 Å². The van der Waals surface area contributed by atoms with Crippen LogP contribution in [0.15, 0.2) is 32.3 Å². The number of allylic oxidation sites excluding steroid dienone is 2. The molecule has 1 aliphatic carbocycles. The van der Waals surface area contributed by atoms with Gasteiger partial charge in [-0.05, 0) is 75.8 Å². The van der Waals surface area contributed by atoms with E-state index in [1.54, 1.807) is 11.9 Å². The van der Waals surface area contributed by atoms with E-state index in [1.165, 1.54) is 60.5 Å². The summed E-state index contributed by atoms with van der Waals surface area (Å²) in [5.74, 6) is 3.15. The molecule has 23 heavy (non-hydrogen) atoms. The highest BCUT2D eigenvalue weighted by Crippen LogP contribution is 2.37. The Bertz CT molecular complexity index is 614. The van der Waals surface area contributed by atoms with E-state index in [-0.39, 0.29) is 0 Å². The van der Waals surface area contributed by atoms with Crippen LogP contribution in [0, 0.1) is 5.92 Å². The minimum Gasteiger partial charge on any atom is -0.352 e. The summed E-state index contributed by atoms with van der Waals surface area (Å²) in [4.78, 5) is 7.57.